The van der Waals surface area contributed by atoms with E-state index < -0.39 is 0 Å². The van der Waals surface area contributed by atoms with E-state index in [1.807, 2.05) is 0 Å². The van der Waals surface area contributed by atoms with Crippen LogP contribution in [0.1, 0.15) is 71.6 Å². The van der Waals surface area contributed by atoms with Crippen LogP contribution < -0.4 is 5.73 Å². The highest BCUT2D eigenvalue weighted by molar-refractivity contribution is 5.79. The van der Waals surface area contributed by atoms with Crippen LogP contribution in [0.25, 0.3) is 0 Å². The van der Waals surface area contributed by atoms with Crippen molar-refractivity contribution >= 4 is 5.84 Å². The smallest absolute Gasteiger partial charge is 0.140 e. The van der Waals surface area contributed by atoms with Gasteiger partial charge in [0, 0.05) is 13.0 Å². The molecule has 0 atom stereocenters. The van der Waals surface area contributed by atoms with Crippen LogP contribution >= 0.6 is 0 Å². The molecule has 0 saturated heterocycles. The van der Waals surface area contributed by atoms with Crippen molar-refractivity contribution in [2.75, 3.05) is 19.6 Å². The van der Waals surface area contributed by atoms with Crippen LogP contribution in [-0.4, -0.2) is 35.6 Å². The first-order valence-electron chi connectivity index (χ1n) is 7.93. The van der Waals surface area contributed by atoms with Gasteiger partial charge >= 0.3 is 0 Å². The second-order valence-electron chi connectivity index (χ2n) is 5.25. The minimum atomic E-state index is 0.328. The number of hydrogen-bond acceptors (Lipinski definition) is 3. The van der Waals surface area contributed by atoms with Gasteiger partial charge in [0.2, 0.25) is 0 Å². The van der Waals surface area contributed by atoms with E-state index in [0.29, 0.717) is 12.3 Å². The lowest BCUT2D eigenvalue weighted by Gasteiger charge is -2.19. The van der Waals surface area contributed by atoms with Crippen molar-refractivity contribution in [1.29, 1.82) is 0 Å². The number of amidine groups is 1. The third-order valence-corrected chi connectivity index (χ3v) is 3.59. The molecule has 0 aromatic rings. The molecule has 0 spiro atoms. The summed E-state index contributed by atoms with van der Waals surface area (Å²) in [5.74, 6) is 0.328. The van der Waals surface area contributed by atoms with Crippen LogP contribution in [0.2, 0.25) is 0 Å². The van der Waals surface area contributed by atoms with E-state index in [2.05, 4.69) is 23.9 Å². The van der Waals surface area contributed by atoms with Gasteiger partial charge < -0.3 is 15.8 Å². The normalized spacial score (nSPS) is 12.3. The monoisotopic (exact) mass is 271 g/mol. The Morgan fingerprint density at radius 3 is 2.05 bits per heavy atom. The molecular formula is C15H33N3O. The zero-order valence-electron chi connectivity index (χ0n) is 12.9. The van der Waals surface area contributed by atoms with Gasteiger partial charge in [-0.3, -0.25) is 0 Å². The van der Waals surface area contributed by atoms with Crippen LogP contribution in [0.3, 0.4) is 0 Å². The average molecular weight is 271 g/mol. The molecule has 0 radical (unpaired) electrons. The molecule has 0 aromatic heterocycles. The summed E-state index contributed by atoms with van der Waals surface area (Å²) < 4.78 is 0. The number of nitrogens with two attached hydrogens (primary N) is 1. The zero-order chi connectivity index (χ0) is 14.3. The lowest BCUT2D eigenvalue weighted by molar-refractivity contribution is 0.283. The zero-order valence-corrected chi connectivity index (χ0v) is 12.9. The molecular weight excluding hydrogens is 238 g/mol. The van der Waals surface area contributed by atoms with Gasteiger partial charge in [-0.1, -0.05) is 63.9 Å². The van der Waals surface area contributed by atoms with Gasteiger partial charge in [0.1, 0.15) is 5.84 Å². The maximum Gasteiger partial charge on any atom is 0.140 e. The van der Waals surface area contributed by atoms with Crippen molar-refractivity contribution in [3.05, 3.63) is 0 Å². The molecule has 0 unspecified atom stereocenters. The summed E-state index contributed by atoms with van der Waals surface area (Å²) in [5, 5.41) is 11.5. The lowest BCUT2D eigenvalue weighted by Crippen LogP contribution is -2.29. The standard InChI is InChI=1S/C15H33N3O/c1-3-5-6-7-8-9-10-11-13-18(4-2)14-12-15(16)17-19/h19H,3-14H2,1-2H3,(H2,16,17). The van der Waals surface area contributed by atoms with E-state index in [9.17, 15) is 0 Å². The van der Waals surface area contributed by atoms with Crippen molar-refractivity contribution in [1.82, 2.24) is 4.90 Å². The molecule has 0 aliphatic rings. The fourth-order valence-electron chi connectivity index (χ4n) is 2.22. The van der Waals surface area contributed by atoms with Gasteiger partial charge in [-0.25, -0.2) is 0 Å². The van der Waals surface area contributed by atoms with Crippen molar-refractivity contribution in [3.63, 3.8) is 0 Å². The molecule has 0 fully saturated rings. The Morgan fingerprint density at radius 1 is 0.947 bits per heavy atom. The quantitative estimate of drug-likeness (QED) is 0.177. The van der Waals surface area contributed by atoms with Crippen molar-refractivity contribution in [3.8, 4) is 0 Å². The maximum absolute atomic E-state index is 8.50. The largest absolute Gasteiger partial charge is 0.409 e. The second kappa shape index (κ2) is 13.7. The first-order valence-corrected chi connectivity index (χ1v) is 7.93. The van der Waals surface area contributed by atoms with Gasteiger partial charge in [-0.05, 0) is 19.5 Å². The lowest BCUT2D eigenvalue weighted by atomic mass is 10.1. The molecule has 0 aliphatic heterocycles. The predicted octanol–water partition coefficient (Wildman–Crippen LogP) is 3.59. The summed E-state index contributed by atoms with van der Waals surface area (Å²) in [6.45, 7) is 7.48. The van der Waals surface area contributed by atoms with Gasteiger partial charge in [0.05, 0.1) is 0 Å². The summed E-state index contributed by atoms with van der Waals surface area (Å²) in [5.41, 5.74) is 5.48. The Labute approximate surface area is 119 Å². The second-order valence-corrected chi connectivity index (χ2v) is 5.25. The molecule has 0 aromatic carbocycles. The summed E-state index contributed by atoms with van der Waals surface area (Å²) >= 11 is 0. The van der Waals surface area contributed by atoms with Crippen LogP contribution in [0.4, 0.5) is 0 Å². The van der Waals surface area contributed by atoms with Crippen molar-refractivity contribution < 1.29 is 5.21 Å². The molecule has 0 heterocycles. The third kappa shape index (κ3) is 12.0. The fourth-order valence-corrected chi connectivity index (χ4v) is 2.22. The predicted molar refractivity (Wildman–Crippen MR) is 82.7 cm³/mol. The topological polar surface area (TPSA) is 61.8 Å². The number of hydrogen-bond donors (Lipinski definition) is 2. The van der Waals surface area contributed by atoms with E-state index >= 15 is 0 Å². The molecule has 0 bridgehead atoms. The van der Waals surface area contributed by atoms with Crippen LogP contribution in [0.15, 0.2) is 5.16 Å². The molecule has 19 heavy (non-hydrogen) atoms. The van der Waals surface area contributed by atoms with E-state index in [0.717, 1.165) is 19.6 Å². The third-order valence-electron chi connectivity index (χ3n) is 3.59. The molecule has 114 valence electrons. The Morgan fingerprint density at radius 2 is 1.53 bits per heavy atom. The fraction of sp³-hybridized carbons (Fsp3) is 0.933. The Kier molecular flexibility index (Phi) is 13.1. The molecule has 0 amide bonds. The van der Waals surface area contributed by atoms with Gasteiger partial charge in [0.15, 0.2) is 0 Å². The van der Waals surface area contributed by atoms with Gasteiger partial charge in [-0.15, -0.1) is 0 Å². The average Bonchev–Trinajstić information content (AvgIpc) is 2.44. The summed E-state index contributed by atoms with van der Waals surface area (Å²) in [6.07, 6.45) is 11.5. The minimum absolute atomic E-state index is 0.328. The highest BCUT2D eigenvalue weighted by Gasteiger charge is 2.03. The van der Waals surface area contributed by atoms with Gasteiger partial charge in [0.25, 0.3) is 0 Å². The Bertz CT molecular complexity index is 219. The SMILES string of the molecule is CCCCCCCCCCN(CC)CCC(N)=NO. The summed E-state index contributed by atoms with van der Waals surface area (Å²) in [4.78, 5) is 2.37. The minimum Gasteiger partial charge on any atom is -0.409 e. The van der Waals surface area contributed by atoms with Crippen molar-refractivity contribution in [2.24, 2.45) is 10.9 Å². The highest BCUT2D eigenvalue weighted by Crippen LogP contribution is 2.09. The first-order chi connectivity index (χ1) is 9.24. The van der Waals surface area contributed by atoms with E-state index in [4.69, 9.17) is 10.9 Å². The molecule has 4 heteroatoms. The van der Waals surface area contributed by atoms with E-state index in [1.165, 1.54) is 51.4 Å². The molecule has 0 saturated carbocycles. The van der Waals surface area contributed by atoms with Crippen molar-refractivity contribution in [2.45, 2.75) is 71.6 Å². The van der Waals surface area contributed by atoms with Gasteiger partial charge in [-0.2, -0.15) is 0 Å². The van der Waals surface area contributed by atoms with Crippen LogP contribution in [-0.2, 0) is 0 Å². The molecule has 3 N–H and O–H groups in total. The Balaban J connectivity index is 3.41. The molecule has 0 rings (SSSR count). The van der Waals surface area contributed by atoms with E-state index in [1.54, 1.807) is 0 Å². The first kappa shape index (κ1) is 18.2. The number of oxime groups is 1. The summed E-state index contributed by atoms with van der Waals surface area (Å²) in [6, 6.07) is 0. The number of nitrogens with zero attached hydrogens (tertiary/aromatic N) is 2. The highest BCUT2D eigenvalue weighted by atomic mass is 16.4. The summed E-state index contributed by atoms with van der Waals surface area (Å²) in [7, 11) is 0. The van der Waals surface area contributed by atoms with E-state index in [-0.39, 0.29) is 0 Å². The molecule has 0 aliphatic carbocycles. The Hall–Kier alpha value is -0.770. The van der Waals surface area contributed by atoms with Crippen LogP contribution in [0.5, 0.6) is 0 Å². The maximum atomic E-state index is 8.50. The molecule has 4 nitrogen and oxygen atoms in total. The van der Waals surface area contributed by atoms with Crippen LogP contribution in [0, 0.1) is 0 Å². The number of rotatable bonds is 13. The number of unbranched alkanes of at least 4 members (excludes halogenated alkanes) is 7.